The Balaban J connectivity index is 1.80. The predicted octanol–water partition coefficient (Wildman–Crippen LogP) is 2.22. The Morgan fingerprint density at radius 3 is 2.83 bits per heavy atom. The van der Waals surface area contributed by atoms with Crippen molar-refractivity contribution in [3.8, 4) is 5.69 Å². The first kappa shape index (κ1) is 14.5. The maximum atomic E-state index is 11.9. The number of benzene rings is 1. The molecule has 0 saturated heterocycles. The summed E-state index contributed by atoms with van der Waals surface area (Å²) in [5.41, 5.74) is 7.89. The molecule has 1 aliphatic carbocycles. The van der Waals surface area contributed by atoms with E-state index >= 15 is 0 Å². The van der Waals surface area contributed by atoms with Crippen molar-refractivity contribution in [1.82, 2.24) is 9.55 Å². The van der Waals surface area contributed by atoms with Crippen molar-refractivity contribution in [2.45, 2.75) is 19.8 Å². The lowest BCUT2D eigenvalue weighted by molar-refractivity contribution is -0.117. The highest BCUT2D eigenvalue weighted by Gasteiger charge is 2.29. The Bertz CT molecular complexity index is 1010. The van der Waals surface area contributed by atoms with Crippen molar-refractivity contribution >= 4 is 28.2 Å². The summed E-state index contributed by atoms with van der Waals surface area (Å²) < 4.78 is 6.35. The minimum atomic E-state index is -0.470. The second-order valence-electron chi connectivity index (χ2n) is 6.07. The Morgan fingerprint density at radius 1 is 1.38 bits per heavy atom. The number of rotatable bonds is 3. The number of nitrogens with zero attached hydrogens (tertiary/aromatic N) is 2. The van der Waals surface area contributed by atoms with Crippen LogP contribution >= 0.6 is 0 Å². The number of hydrogen-bond donors (Lipinski definition) is 2. The number of nitrogens with one attached hydrogen (secondary N) is 1. The minimum Gasteiger partial charge on any atom is -0.416 e. The van der Waals surface area contributed by atoms with Gasteiger partial charge in [-0.2, -0.15) is 0 Å². The van der Waals surface area contributed by atoms with Crippen molar-refractivity contribution in [3.63, 3.8) is 0 Å². The summed E-state index contributed by atoms with van der Waals surface area (Å²) in [6.45, 7) is 1.78. The zero-order valence-corrected chi connectivity index (χ0v) is 13.1. The summed E-state index contributed by atoms with van der Waals surface area (Å²) in [4.78, 5) is 28.0. The van der Waals surface area contributed by atoms with Crippen LogP contribution in [0.4, 0.5) is 11.5 Å². The molecule has 1 aromatic carbocycles. The number of carbonyl (C=O) groups excluding carboxylic acids is 1. The number of aromatic nitrogens is 2. The molecule has 0 radical (unpaired) electrons. The monoisotopic (exact) mass is 324 g/mol. The molecule has 0 aliphatic heterocycles. The van der Waals surface area contributed by atoms with Crippen molar-refractivity contribution in [2.24, 2.45) is 5.92 Å². The van der Waals surface area contributed by atoms with E-state index in [1.165, 1.54) is 10.8 Å². The van der Waals surface area contributed by atoms with Crippen molar-refractivity contribution in [3.05, 3.63) is 46.9 Å². The number of carbonyl (C=O) groups is 1. The fraction of sp³-hybridized carbons (Fsp3) is 0.235. The molecule has 3 N–H and O–H groups in total. The molecule has 1 saturated carbocycles. The average Bonchev–Trinajstić information content (AvgIpc) is 3.33. The number of amides is 1. The number of anilines is 2. The summed E-state index contributed by atoms with van der Waals surface area (Å²) in [6, 6.07) is 5.29. The molecule has 0 atom stereocenters. The standard InChI is InChI=1S/C17H16N4O3/c1-9-8-24-17(23)21(9)12-4-11-5-15(20-16(22)10-2-3-10)19-7-13(11)14(18)6-12/h4-8,10H,2-3,18H2,1H3,(H,19,20,22). The van der Waals surface area contributed by atoms with Crippen LogP contribution in [0.1, 0.15) is 18.5 Å². The van der Waals surface area contributed by atoms with Crippen LogP contribution < -0.4 is 16.8 Å². The topological polar surface area (TPSA) is 103 Å². The molecule has 2 aromatic heterocycles. The normalized spacial score (nSPS) is 14.0. The zero-order chi connectivity index (χ0) is 16.8. The Kier molecular flexibility index (Phi) is 3.16. The molecule has 0 bridgehead atoms. The summed E-state index contributed by atoms with van der Waals surface area (Å²) in [5, 5.41) is 4.37. The molecule has 1 fully saturated rings. The summed E-state index contributed by atoms with van der Waals surface area (Å²) in [7, 11) is 0. The molecule has 0 spiro atoms. The Hall–Kier alpha value is -3.09. The van der Waals surface area contributed by atoms with Gasteiger partial charge in [0.15, 0.2) is 0 Å². The molecular formula is C17H16N4O3. The number of pyridine rings is 1. The van der Waals surface area contributed by atoms with Gasteiger partial charge in [-0.3, -0.25) is 4.79 Å². The number of oxazole rings is 1. The van der Waals surface area contributed by atoms with Gasteiger partial charge in [0.1, 0.15) is 12.1 Å². The lowest BCUT2D eigenvalue weighted by Crippen LogP contribution is -2.15. The van der Waals surface area contributed by atoms with Gasteiger partial charge in [-0.25, -0.2) is 14.3 Å². The molecule has 7 heteroatoms. The van der Waals surface area contributed by atoms with Crippen LogP contribution in [0, 0.1) is 12.8 Å². The fourth-order valence-electron chi connectivity index (χ4n) is 2.74. The highest BCUT2D eigenvalue weighted by Crippen LogP contribution is 2.31. The van der Waals surface area contributed by atoms with E-state index in [0.29, 0.717) is 22.9 Å². The molecule has 7 nitrogen and oxygen atoms in total. The van der Waals surface area contributed by atoms with Gasteiger partial charge < -0.3 is 15.5 Å². The van der Waals surface area contributed by atoms with Gasteiger partial charge in [0.05, 0.1) is 11.4 Å². The van der Waals surface area contributed by atoms with E-state index in [2.05, 4.69) is 10.3 Å². The molecule has 24 heavy (non-hydrogen) atoms. The number of aryl methyl sites for hydroxylation is 1. The van der Waals surface area contributed by atoms with Crippen molar-refractivity contribution < 1.29 is 9.21 Å². The fourth-order valence-corrected chi connectivity index (χ4v) is 2.74. The summed E-state index contributed by atoms with van der Waals surface area (Å²) in [6.07, 6.45) is 4.89. The molecular weight excluding hydrogens is 308 g/mol. The second-order valence-corrected chi connectivity index (χ2v) is 6.07. The van der Waals surface area contributed by atoms with Crippen LogP contribution in [-0.2, 0) is 4.79 Å². The SMILES string of the molecule is Cc1coc(=O)n1-c1cc(N)c2cnc(NC(=O)C3CC3)cc2c1. The molecule has 1 aliphatic rings. The predicted molar refractivity (Wildman–Crippen MR) is 90.1 cm³/mol. The van der Waals surface area contributed by atoms with Crippen molar-refractivity contribution in [2.75, 3.05) is 11.1 Å². The highest BCUT2D eigenvalue weighted by molar-refractivity contribution is 5.98. The van der Waals surface area contributed by atoms with Crippen molar-refractivity contribution in [1.29, 1.82) is 0 Å². The van der Waals surface area contributed by atoms with E-state index in [1.54, 1.807) is 25.3 Å². The third-order valence-corrected chi connectivity index (χ3v) is 4.18. The van der Waals surface area contributed by atoms with Gasteiger partial charge in [0, 0.05) is 23.2 Å². The molecule has 4 rings (SSSR count). The highest BCUT2D eigenvalue weighted by atomic mass is 16.4. The lowest BCUT2D eigenvalue weighted by atomic mass is 10.1. The van der Waals surface area contributed by atoms with E-state index in [0.717, 1.165) is 23.6 Å². The molecule has 122 valence electrons. The van der Waals surface area contributed by atoms with Crippen LogP contribution in [0.5, 0.6) is 0 Å². The first-order valence-electron chi connectivity index (χ1n) is 7.70. The summed E-state index contributed by atoms with van der Waals surface area (Å²) in [5.74, 6) is 0.105. The van der Waals surface area contributed by atoms with E-state index in [-0.39, 0.29) is 11.8 Å². The first-order valence-corrected chi connectivity index (χ1v) is 7.70. The maximum Gasteiger partial charge on any atom is 0.423 e. The Labute approximate surface area is 137 Å². The smallest absolute Gasteiger partial charge is 0.416 e. The third-order valence-electron chi connectivity index (χ3n) is 4.18. The van der Waals surface area contributed by atoms with E-state index in [1.807, 2.05) is 6.07 Å². The van der Waals surface area contributed by atoms with Crippen LogP contribution in [-0.4, -0.2) is 15.5 Å². The third kappa shape index (κ3) is 2.44. The first-order chi connectivity index (χ1) is 11.5. The average molecular weight is 324 g/mol. The molecule has 0 unspecified atom stereocenters. The molecule has 3 aromatic rings. The second kappa shape index (κ2) is 5.23. The van der Waals surface area contributed by atoms with Gasteiger partial charge in [0.25, 0.3) is 0 Å². The number of fused-ring (bicyclic) bond motifs is 1. The minimum absolute atomic E-state index is 0.00660. The quantitative estimate of drug-likeness (QED) is 0.719. The Morgan fingerprint density at radius 2 is 2.17 bits per heavy atom. The molecule has 2 heterocycles. The number of nitrogen functional groups attached to an aromatic ring is 1. The number of hydrogen-bond acceptors (Lipinski definition) is 5. The largest absolute Gasteiger partial charge is 0.423 e. The van der Waals surface area contributed by atoms with Crippen LogP contribution in [0.2, 0.25) is 0 Å². The van der Waals surface area contributed by atoms with Gasteiger partial charge >= 0.3 is 5.76 Å². The number of nitrogens with two attached hydrogens (primary N) is 1. The maximum absolute atomic E-state index is 11.9. The van der Waals surface area contributed by atoms with Crippen LogP contribution in [0.25, 0.3) is 16.5 Å². The van der Waals surface area contributed by atoms with Crippen LogP contribution in [0.15, 0.2) is 39.9 Å². The summed E-state index contributed by atoms with van der Waals surface area (Å²) >= 11 is 0. The van der Waals surface area contributed by atoms with E-state index in [4.69, 9.17) is 10.2 Å². The zero-order valence-electron chi connectivity index (χ0n) is 13.1. The van der Waals surface area contributed by atoms with Gasteiger partial charge in [-0.15, -0.1) is 0 Å². The van der Waals surface area contributed by atoms with Gasteiger partial charge in [-0.1, -0.05) is 0 Å². The van der Waals surface area contributed by atoms with E-state index in [9.17, 15) is 9.59 Å². The van der Waals surface area contributed by atoms with Gasteiger partial charge in [-0.05, 0) is 43.4 Å². The van der Waals surface area contributed by atoms with Crippen LogP contribution in [0.3, 0.4) is 0 Å². The molecule has 1 amide bonds. The van der Waals surface area contributed by atoms with Gasteiger partial charge in [0.2, 0.25) is 5.91 Å². The lowest BCUT2D eigenvalue weighted by Gasteiger charge is -2.10. The van der Waals surface area contributed by atoms with E-state index < -0.39 is 5.76 Å².